The van der Waals surface area contributed by atoms with Crippen molar-refractivity contribution in [2.45, 2.75) is 56.5 Å². The van der Waals surface area contributed by atoms with Gasteiger partial charge in [0.25, 0.3) is 5.91 Å². The van der Waals surface area contributed by atoms with E-state index < -0.39 is 11.9 Å². The largest absolute Gasteiger partial charge is 0.392 e. The van der Waals surface area contributed by atoms with Gasteiger partial charge in [0.2, 0.25) is 0 Å². The van der Waals surface area contributed by atoms with Crippen LogP contribution in [0.3, 0.4) is 0 Å². The maximum absolute atomic E-state index is 13.0. The van der Waals surface area contributed by atoms with E-state index in [0.29, 0.717) is 42.9 Å². The molecule has 2 saturated heterocycles. The van der Waals surface area contributed by atoms with Crippen LogP contribution in [0.1, 0.15) is 70.0 Å². The average molecular weight is 755 g/mol. The molecule has 8 rings (SSSR count). The molecule has 6 aromatic rings. The summed E-state index contributed by atoms with van der Waals surface area (Å²) < 4.78 is 13.4. The number of aromatic nitrogens is 2. The van der Waals surface area contributed by atoms with Crippen molar-refractivity contribution in [2.75, 3.05) is 19.6 Å². The predicted molar refractivity (Wildman–Crippen MR) is 212 cm³/mol. The van der Waals surface area contributed by atoms with Crippen molar-refractivity contribution in [3.8, 4) is 11.1 Å². The van der Waals surface area contributed by atoms with Crippen LogP contribution >= 0.6 is 11.6 Å². The topological polar surface area (TPSA) is 117 Å². The van der Waals surface area contributed by atoms with Crippen LogP contribution in [0.5, 0.6) is 0 Å². The normalized spacial score (nSPS) is 19.9. The Hall–Kier alpha value is -5.00. The predicted octanol–water partition coefficient (Wildman–Crippen LogP) is 7.90. The Labute approximate surface area is 325 Å². The smallest absolute Gasteiger partial charge is 0.271 e. The summed E-state index contributed by atoms with van der Waals surface area (Å²) in [6.07, 6.45) is 2.48. The minimum absolute atomic E-state index is 0.0169. The first kappa shape index (κ1) is 36.9. The molecule has 1 aromatic heterocycles. The Balaban J connectivity index is 0.968. The number of nitrogens with one attached hydrogen (secondary N) is 1. The van der Waals surface area contributed by atoms with Crippen LogP contribution in [0, 0.1) is 0 Å². The minimum atomic E-state index is -0.883. The number of ether oxygens (including phenoxy) is 2. The Morgan fingerprint density at radius 1 is 0.818 bits per heavy atom. The number of aliphatic hydroxyl groups is 2. The second-order valence-corrected chi connectivity index (χ2v) is 14.9. The molecule has 2 aliphatic heterocycles. The lowest BCUT2D eigenvalue weighted by molar-refractivity contribution is -0.253. The molecule has 3 heterocycles. The number of aliphatic hydroxyl groups excluding tert-OH is 1. The van der Waals surface area contributed by atoms with Gasteiger partial charge in [-0.2, -0.15) is 0 Å². The molecular weight excluding hydrogens is 712 g/mol. The summed E-state index contributed by atoms with van der Waals surface area (Å²) >= 11 is 6.11. The zero-order chi connectivity index (χ0) is 37.8. The number of carbonyl (C=O) groups is 1. The number of para-hydroxylation sites is 2. The number of rotatable bonds is 10. The fraction of sp³-hybridized carbons (Fsp3) is 0.267. The zero-order valence-corrected chi connectivity index (χ0v) is 31.1. The first-order chi connectivity index (χ1) is 26.8. The van der Waals surface area contributed by atoms with E-state index in [2.05, 4.69) is 44.5 Å². The van der Waals surface area contributed by atoms with Crippen LogP contribution in [0.25, 0.3) is 22.2 Å². The summed E-state index contributed by atoms with van der Waals surface area (Å²) in [6, 6.07) is 39.2. The van der Waals surface area contributed by atoms with Gasteiger partial charge in [-0.25, -0.2) is 4.98 Å². The molecule has 280 valence electrons. The van der Waals surface area contributed by atoms with Gasteiger partial charge in [-0.3, -0.25) is 9.78 Å². The van der Waals surface area contributed by atoms with E-state index in [9.17, 15) is 15.0 Å². The van der Waals surface area contributed by atoms with E-state index in [4.69, 9.17) is 21.1 Å². The molecular formula is C45H43ClN4O5. The Morgan fingerprint density at radius 3 is 2.31 bits per heavy atom. The molecule has 5 aromatic carbocycles. The number of hydrogen-bond donors (Lipinski definition) is 3. The number of piperidine rings is 1. The third kappa shape index (κ3) is 8.63. The van der Waals surface area contributed by atoms with Crippen LogP contribution in [0.15, 0.2) is 128 Å². The number of likely N-dealkylation sites (tertiary alicyclic amines) is 1. The second kappa shape index (κ2) is 16.4. The van der Waals surface area contributed by atoms with Crippen molar-refractivity contribution >= 4 is 28.5 Å². The molecule has 0 unspecified atom stereocenters. The molecule has 3 N–H and O–H groups in total. The van der Waals surface area contributed by atoms with Crippen LogP contribution in [-0.2, 0) is 28.2 Å². The van der Waals surface area contributed by atoms with Crippen molar-refractivity contribution in [1.82, 2.24) is 20.2 Å². The van der Waals surface area contributed by atoms with Crippen LogP contribution in [0.4, 0.5) is 0 Å². The van der Waals surface area contributed by atoms with Gasteiger partial charge in [-0.05, 0) is 82.6 Å². The van der Waals surface area contributed by atoms with Gasteiger partial charge >= 0.3 is 0 Å². The van der Waals surface area contributed by atoms with Crippen molar-refractivity contribution in [2.24, 2.45) is 0 Å². The van der Waals surface area contributed by atoms with Crippen LogP contribution < -0.4 is 5.32 Å². The SMILES string of the molecule is O=C(NCc1cccc(-c2cccc([C@H]3O[C@@H](CN4CCC(O)(c5ccc(Cl)cc5)CC4)C[C@@H](c4ccc(CO)cc4)O3)c2)c1)c1cnc2ccccc2n1. The Bertz CT molecular complexity index is 2260. The molecule has 9 nitrogen and oxygen atoms in total. The highest BCUT2D eigenvalue weighted by atomic mass is 35.5. The number of nitrogens with zero attached hydrogens (tertiary/aromatic N) is 3. The highest BCUT2D eigenvalue weighted by Gasteiger charge is 2.37. The van der Waals surface area contributed by atoms with Crippen molar-refractivity contribution in [3.05, 3.63) is 166 Å². The third-order valence-electron chi connectivity index (χ3n) is 10.7. The highest BCUT2D eigenvalue weighted by molar-refractivity contribution is 6.30. The molecule has 0 bridgehead atoms. The third-order valence-corrected chi connectivity index (χ3v) is 10.9. The first-order valence-corrected chi connectivity index (χ1v) is 19.1. The molecule has 3 atom stereocenters. The van der Waals surface area contributed by atoms with Gasteiger partial charge in [0, 0.05) is 43.2 Å². The lowest BCUT2D eigenvalue weighted by atomic mass is 9.84. The van der Waals surface area contributed by atoms with Gasteiger partial charge in [0.15, 0.2) is 6.29 Å². The number of halogens is 1. The molecule has 2 fully saturated rings. The van der Waals surface area contributed by atoms with E-state index in [1.54, 1.807) is 0 Å². The first-order valence-electron chi connectivity index (χ1n) is 18.7. The summed E-state index contributed by atoms with van der Waals surface area (Å²) in [6.45, 7) is 2.50. The summed E-state index contributed by atoms with van der Waals surface area (Å²) in [5.74, 6) is -0.283. The summed E-state index contributed by atoms with van der Waals surface area (Å²) in [5, 5.41) is 24.8. The van der Waals surface area contributed by atoms with Gasteiger partial charge < -0.3 is 29.9 Å². The van der Waals surface area contributed by atoms with Crippen LogP contribution in [0.2, 0.25) is 5.02 Å². The molecule has 2 aliphatic rings. The highest BCUT2D eigenvalue weighted by Crippen LogP contribution is 2.40. The van der Waals surface area contributed by atoms with E-state index in [1.165, 1.54) is 6.20 Å². The maximum atomic E-state index is 13.0. The zero-order valence-electron chi connectivity index (χ0n) is 30.4. The van der Waals surface area contributed by atoms with E-state index in [1.807, 2.05) is 97.1 Å². The molecule has 0 aliphatic carbocycles. The lowest BCUT2D eigenvalue weighted by Gasteiger charge is -2.42. The molecule has 1 amide bonds. The maximum Gasteiger partial charge on any atom is 0.271 e. The van der Waals surface area contributed by atoms with Crippen molar-refractivity contribution in [1.29, 1.82) is 0 Å². The monoisotopic (exact) mass is 754 g/mol. The van der Waals surface area contributed by atoms with Gasteiger partial charge in [0.1, 0.15) is 5.69 Å². The number of amides is 1. The van der Waals surface area contributed by atoms with Crippen molar-refractivity contribution < 1.29 is 24.5 Å². The quantitative estimate of drug-likeness (QED) is 0.129. The fourth-order valence-electron chi connectivity index (χ4n) is 7.54. The summed E-state index contributed by atoms with van der Waals surface area (Å²) in [7, 11) is 0. The average Bonchev–Trinajstić information content (AvgIpc) is 3.24. The van der Waals surface area contributed by atoms with Gasteiger partial charge in [-0.1, -0.05) is 96.5 Å². The van der Waals surface area contributed by atoms with E-state index in [0.717, 1.165) is 57.6 Å². The second-order valence-electron chi connectivity index (χ2n) is 14.4. The van der Waals surface area contributed by atoms with E-state index in [-0.39, 0.29) is 30.4 Å². The number of fused-ring (bicyclic) bond motifs is 1. The lowest BCUT2D eigenvalue weighted by Crippen LogP contribution is -2.46. The van der Waals surface area contributed by atoms with E-state index >= 15 is 0 Å². The van der Waals surface area contributed by atoms with Gasteiger partial charge in [0.05, 0.1) is 41.6 Å². The minimum Gasteiger partial charge on any atom is -0.392 e. The number of benzene rings is 5. The fourth-order valence-corrected chi connectivity index (χ4v) is 7.67. The number of hydrogen-bond acceptors (Lipinski definition) is 8. The Morgan fingerprint density at radius 2 is 1.55 bits per heavy atom. The molecule has 55 heavy (non-hydrogen) atoms. The van der Waals surface area contributed by atoms with Crippen molar-refractivity contribution in [3.63, 3.8) is 0 Å². The Kier molecular flexibility index (Phi) is 11.0. The molecule has 0 saturated carbocycles. The standard InChI is InChI=1S/C45H43ClN4O5/c46-37-17-15-36(16-18-37)45(53)19-21-50(22-20-45)28-38-25-42(32-13-11-30(29-51)12-14-32)55-44(54-38)35-8-4-7-34(24-35)33-6-3-5-31(23-33)26-48-43(52)41-27-47-39-9-1-2-10-40(39)49-41/h1-18,23-24,27,38,42,44,51,53H,19-22,25-26,28-29H2,(H,48,52)/t38-,42+,44+/m1/s1. The molecule has 0 spiro atoms. The molecule has 10 heteroatoms. The van der Waals surface area contributed by atoms with Gasteiger partial charge in [-0.15, -0.1) is 0 Å². The van der Waals surface area contributed by atoms with Crippen LogP contribution in [-0.4, -0.2) is 56.7 Å². The molecule has 0 radical (unpaired) electrons. The summed E-state index contributed by atoms with van der Waals surface area (Å²) in [4.78, 5) is 24.2. The number of carbonyl (C=O) groups excluding carboxylic acids is 1. The summed E-state index contributed by atoms with van der Waals surface area (Å²) in [5.41, 5.74) is 7.45.